The summed E-state index contributed by atoms with van der Waals surface area (Å²) in [6.45, 7) is 1.71. The molecular weight excluding hydrogens is 298 g/mol. The molecular formula is C9H6BrNO2S2. The van der Waals surface area contributed by atoms with E-state index < -0.39 is 5.97 Å². The van der Waals surface area contributed by atoms with E-state index in [0.717, 1.165) is 14.4 Å². The predicted molar refractivity (Wildman–Crippen MR) is 64.8 cm³/mol. The average Bonchev–Trinajstić information content (AvgIpc) is 2.71. The van der Waals surface area contributed by atoms with Gasteiger partial charge in [0.05, 0.1) is 10.6 Å². The molecule has 3 nitrogen and oxygen atoms in total. The summed E-state index contributed by atoms with van der Waals surface area (Å²) in [4.78, 5) is 16.4. The first-order chi connectivity index (χ1) is 7.08. The summed E-state index contributed by atoms with van der Waals surface area (Å²) < 4.78 is 0.993. The zero-order valence-corrected chi connectivity index (χ0v) is 10.9. The van der Waals surface area contributed by atoms with Gasteiger partial charge in [-0.1, -0.05) is 0 Å². The first-order valence-electron chi connectivity index (χ1n) is 4.03. The second-order valence-corrected chi connectivity index (χ2v) is 5.69. The van der Waals surface area contributed by atoms with Crippen molar-refractivity contribution in [1.29, 1.82) is 0 Å². The summed E-state index contributed by atoms with van der Waals surface area (Å²) in [5.41, 5.74) is 0.576. The molecule has 15 heavy (non-hydrogen) atoms. The number of carboxylic acids is 1. The first kappa shape index (κ1) is 10.8. The summed E-state index contributed by atoms with van der Waals surface area (Å²) in [5.74, 6) is -0.910. The molecule has 0 bridgehead atoms. The molecule has 0 radical (unpaired) electrons. The van der Waals surface area contributed by atoms with Crippen LogP contribution >= 0.6 is 38.6 Å². The fourth-order valence-electron chi connectivity index (χ4n) is 1.13. The Balaban J connectivity index is 2.46. The van der Waals surface area contributed by atoms with E-state index in [4.69, 9.17) is 5.11 Å². The van der Waals surface area contributed by atoms with Gasteiger partial charge in [0.1, 0.15) is 9.88 Å². The van der Waals surface area contributed by atoms with Crippen molar-refractivity contribution < 1.29 is 9.90 Å². The van der Waals surface area contributed by atoms with Gasteiger partial charge in [-0.2, -0.15) is 0 Å². The number of carbonyl (C=O) groups is 1. The molecule has 2 aromatic rings. The zero-order valence-electron chi connectivity index (χ0n) is 7.65. The lowest BCUT2D eigenvalue weighted by Crippen LogP contribution is -1.94. The fourth-order valence-corrected chi connectivity index (χ4v) is 3.52. The molecule has 0 saturated heterocycles. The van der Waals surface area contributed by atoms with Crippen LogP contribution in [0.2, 0.25) is 0 Å². The Labute approximate surface area is 103 Å². The van der Waals surface area contributed by atoms with Gasteiger partial charge >= 0.3 is 5.97 Å². The van der Waals surface area contributed by atoms with Crippen LogP contribution < -0.4 is 0 Å². The lowest BCUT2D eigenvalue weighted by molar-refractivity contribution is 0.0701. The number of aryl methyl sites for hydroxylation is 1. The van der Waals surface area contributed by atoms with Crippen LogP contribution in [0, 0.1) is 6.92 Å². The van der Waals surface area contributed by atoms with Crippen molar-refractivity contribution in [2.75, 3.05) is 0 Å². The van der Waals surface area contributed by atoms with E-state index >= 15 is 0 Å². The van der Waals surface area contributed by atoms with Crippen molar-refractivity contribution in [1.82, 2.24) is 4.98 Å². The maximum atomic E-state index is 10.8. The van der Waals surface area contributed by atoms with E-state index in [1.807, 2.05) is 11.4 Å². The van der Waals surface area contributed by atoms with Crippen LogP contribution in [0.25, 0.3) is 9.88 Å². The van der Waals surface area contributed by atoms with Crippen LogP contribution in [0.3, 0.4) is 0 Å². The van der Waals surface area contributed by atoms with Gasteiger partial charge in [-0.15, -0.1) is 22.7 Å². The molecule has 78 valence electrons. The minimum atomic E-state index is -0.910. The summed E-state index contributed by atoms with van der Waals surface area (Å²) in [7, 11) is 0. The normalized spacial score (nSPS) is 10.5. The van der Waals surface area contributed by atoms with E-state index in [2.05, 4.69) is 20.9 Å². The van der Waals surface area contributed by atoms with E-state index in [9.17, 15) is 4.79 Å². The van der Waals surface area contributed by atoms with Crippen LogP contribution in [0.1, 0.15) is 15.4 Å². The molecule has 6 heteroatoms. The molecule has 0 aliphatic rings. The van der Waals surface area contributed by atoms with Crippen molar-refractivity contribution in [3.63, 3.8) is 0 Å². The Morgan fingerprint density at radius 2 is 2.33 bits per heavy atom. The Morgan fingerprint density at radius 1 is 1.60 bits per heavy atom. The highest BCUT2D eigenvalue weighted by atomic mass is 79.9. The van der Waals surface area contributed by atoms with Crippen LogP contribution in [-0.4, -0.2) is 16.1 Å². The molecule has 2 aromatic heterocycles. The first-order valence-corrected chi connectivity index (χ1v) is 6.52. The number of carboxylic acid groups (broad SMARTS) is 1. The molecule has 0 aromatic carbocycles. The van der Waals surface area contributed by atoms with Gasteiger partial charge in [0.25, 0.3) is 0 Å². The highest BCUT2D eigenvalue weighted by Gasteiger charge is 2.15. The second kappa shape index (κ2) is 4.03. The van der Waals surface area contributed by atoms with E-state index in [-0.39, 0.29) is 0 Å². The number of aromatic carboxylic acids is 1. The van der Waals surface area contributed by atoms with E-state index in [0.29, 0.717) is 10.6 Å². The standard InChI is InChI=1S/C9H6BrNO2S2/c1-4-7(9(12)13)15-8(11-4)6-2-5(10)3-14-6/h2-3H,1H3,(H,12,13). The molecule has 0 fully saturated rings. The summed E-state index contributed by atoms with van der Waals surface area (Å²) in [6, 6.07) is 1.94. The lowest BCUT2D eigenvalue weighted by Gasteiger charge is -1.85. The largest absolute Gasteiger partial charge is 0.477 e. The molecule has 0 atom stereocenters. The molecule has 0 saturated carbocycles. The number of thiophene rings is 1. The van der Waals surface area contributed by atoms with Crippen LogP contribution in [-0.2, 0) is 0 Å². The lowest BCUT2D eigenvalue weighted by atomic mass is 10.4. The summed E-state index contributed by atoms with van der Waals surface area (Å²) >= 11 is 6.11. The second-order valence-electron chi connectivity index (χ2n) is 2.87. The van der Waals surface area contributed by atoms with Gasteiger partial charge in [-0.3, -0.25) is 0 Å². The van der Waals surface area contributed by atoms with Gasteiger partial charge in [0.15, 0.2) is 0 Å². The van der Waals surface area contributed by atoms with Crippen LogP contribution in [0.15, 0.2) is 15.9 Å². The monoisotopic (exact) mass is 303 g/mol. The molecule has 2 rings (SSSR count). The Hall–Kier alpha value is -0.720. The van der Waals surface area contributed by atoms with Crippen molar-refractivity contribution in [3.8, 4) is 9.88 Å². The number of rotatable bonds is 2. The number of hydrogen-bond acceptors (Lipinski definition) is 4. The third-order valence-corrected chi connectivity index (χ3v) is 4.77. The van der Waals surface area contributed by atoms with Gasteiger partial charge in [0.2, 0.25) is 0 Å². The molecule has 0 aliphatic heterocycles. The van der Waals surface area contributed by atoms with Crippen LogP contribution in [0.4, 0.5) is 0 Å². The number of aromatic nitrogens is 1. The maximum Gasteiger partial charge on any atom is 0.347 e. The van der Waals surface area contributed by atoms with E-state index in [1.54, 1.807) is 18.3 Å². The van der Waals surface area contributed by atoms with Gasteiger partial charge < -0.3 is 5.11 Å². The number of nitrogens with zero attached hydrogens (tertiary/aromatic N) is 1. The van der Waals surface area contributed by atoms with Crippen molar-refractivity contribution in [2.45, 2.75) is 6.92 Å². The predicted octanol–water partition coefficient (Wildman–Crippen LogP) is 3.64. The minimum Gasteiger partial charge on any atom is -0.477 e. The number of halogens is 1. The van der Waals surface area contributed by atoms with Gasteiger partial charge in [-0.25, -0.2) is 9.78 Å². The molecule has 2 heterocycles. The van der Waals surface area contributed by atoms with E-state index in [1.165, 1.54) is 11.3 Å². The SMILES string of the molecule is Cc1nc(-c2cc(Br)cs2)sc1C(=O)O. The molecule has 0 unspecified atom stereocenters. The number of thiazole rings is 1. The summed E-state index contributed by atoms with van der Waals surface area (Å²) in [6.07, 6.45) is 0. The third-order valence-electron chi connectivity index (χ3n) is 1.77. The van der Waals surface area contributed by atoms with Crippen molar-refractivity contribution >= 4 is 44.6 Å². The van der Waals surface area contributed by atoms with Gasteiger partial charge in [-0.05, 0) is 28.9 Å². The number of hydrogen-bond donors (Lipinski definition) is 1. The van der Waals surface area contributed by atoms with Crippen molar-refractivity contribution in [2.24, 2.45) is 0 Å². The molecule has 0 amide bonds. The highest BCUT2D eigenvalue weighted by Crippen LogP contribution is 2.33. The van der Waals surface area contributed by atoms with Gasteiger partial charge in [0, 0.05) is 9.85 Å². The molecule has 1 N–H and O–H groups in total. The minimum absolute atomic E-state index is 0.314. The molecule has 0 aliphatic carbocycles. The van der Waals surface area contributed by atoms with Crippen molar-refractivity contribution in [3.05, 3.63) is 26.5 Å². The summed E-state index contributed by atoms with van der Waals surface area (Å²) in [5, 5.41) is 11.6. The zero-order chi connectivity index (χ0) is 11.0. The fraction of sp³-hybridized carbons (Fsp3) is 0.111. The smallest absolute Gasteiger partial charge is 0.347 e. The highest BCUT2D eigenvalue weighted by molar-refractivity contribution is 9.10. The topological polar surface area (TPSA) is 50.2 Å². The average molecular weight is 304 g/mol. The molecule has 0 spiro atoms. The quantitative estimate of drug-likeness (QED) is 0.921. The van der Waals surface area contributed by atoms with Crippen LogP contribution in [0.5, 0.6) is 0 Å². The Bertz CT molecular complexity index is 518. The maximum absolute atomic E-state index is 10.8. The Morgan fingerprint density at radius 3 is 2.80 bits per heavy atom. The third kappa shape index (κ3) is 2.11. The Kier molecular flexibility index (Phi) is 2.90.